The van der Waals surface area contributed by atoms with Gasteiger partial charge < -0.3 is 19.3 Å². The van der Waals surface area contributed by atoms with Crippen molar-refractivity contribution in [3.05, 3.63) is 53.4 Å². The maximum absolute atomic E-state index is 12.0. The number of nitrogens with one attached hydrogen (secondary N) is 1. The van der Waals surface area contributed by atoms with Gasteiger partial charge in [0.25, 0.3) is 5.91 Å². The maximum atomic E-state index is 12.0. The second-order valence-corrected chi connectivity index (χ2v) is 5.50. The van der Waals surface area contributed by atoms with Crippen LogP contribution in [0, 0.1) is 0 Å². The summed E-state index contributed by atoms with van der Waals surface area (Å²) in [4.78, 5) is 12.0. The number of carbonyl (C=O) groups is 1. The summed E-state index contributed by atoms with van der Waals surface area (Å²) in [6.07, 6.45) is 2.14. The first-order valence-electron chi connectivity index (χ1n) is 7.78. The third-order valence-corrected chi connectivity index (χ3v) is 3.66. The Morgan fingerprint density at radius 3 is 2.96 bits per heavy atom. The molecule has 1 aromatic carbocycles. The van der Waals surface area contributed by atoms with E-state index in [1.807, 2.05) is 30.3 Å². The minimum atomic E-state index is -0.251. The first-order valence-corrected chi connectivity index (χ1v) is 7.78. The van der Waals surface area contributed by atoms with Gasteiger partial charge in [0.2, 0.25) is 0 Å². The quantitative estimate of drug-likeness (QED) is 0.848. The van der Waals surface area contributed by atoms with Crippen molar-refractivity contribution in [1.29, 1.82) is 0 Å². The fraction of sp³-hybridized carbons (Fsp3) is 0.412. The summed E-state index contributed by atoms with van der Waals surface area (Å²) in [7, 11) is 0. The molecular weight excluding hydrogens is 296 g/mol. The highest BCUT2D eigenvalue weighted by atomic mass is 16.5. The SMILES string of the molecule is O=C(NCC1CCCO1)c1cc(COCc2ccccc2)on1. The molecule has 0 spiro atoms. The highest BCUT2D eigenvalue weighted by Gasteiger charge is 2.18. The van der Waals surface area contributed by atoms with Gasteiger partial charge in [0.15, 0.2) is 11.5 Å². The number of rotatable bonds is 7. The molecule has 6 nitrogen and oxygen atoms in total. The minimum absolute atomic E-state index is 0.111. The summed E-state index contributed by atoms with van der Waals surface area (Å²) in [5.41, 5.74) is 1.35. The molecule has 6 heteroatoms. The second kappa shape index (κ2) is 7.89. The molecule has 0 saturated carbocycles. The number of ether oxygens (including phenoxy) is 2. The molecule has 23 heavy (non-hydrogen) atoms. The lowest BCUT2D eigenvalue weighted by Gasteiger charge is -2.09. The lowest BCUT2D eigenvalue weighted by Crippen LogP contribution is -2.31. The van der Waals surface area contributed by atoms with E-state index >= 15 is 0 Å². The number of hydrogen-bond donors (Lipinski definition) is 1. The zero-order valence-corrected chi connectivity index (χ0v) is 12.9. The molecule has 1 saturated heterocycles. The molecule has 1 atom stereocenters. The summed E-state index contributed by atoms with van der Waals surface area (Å²) >= 11 is 0. The van der Waals surface area contributed by atoms with Gasteiger partial charge in [-0.1, -0.05) is 35.5 Å². The van der Waals surface area contributed by atoms with E-state index in [2.05, 4.69) is 10.5 Å². The number of benzene rings is 1. The van der Waals surface area contributed by atoms with Crippen LogP contribution in [0.4, 0.5) is 0 Å². The lowest BCUT2D eigenvalue weighted by atomic mass is 10.2. The van der Waals surface area contributed by atoms with E-state index in [9.17, 15) is 4.79 Å². The van der Waals surface area contributed by atoms with E-state index in [4.69, 9.17) is 14.0 Å². The van der Waals surface area contributed by atoms with E-state index in [-0.39, 0.29) is 24.3 Å². The van der Waals surface area contributed by atoms with Gasteiger partial charge in [-0.15, -0.1) is 0 Å². The second-order valence-electron chi connectivity index (χ2n) is 5.50. The van der Waals surface area contributed by atoms with Crippen molar-refractivity contribution >= 4 is 5.91 Å². The Balaban J connectivity index is 1.42. The number of hydrogen-bond acceptors (Lipinski definition) is 5. The molecule has 1 aliphatic heterocycles. The average molecular weight is 316 g/mol. The van der Waals surface area contributed by atoms with Gasteiger partial charge in [0.05, 0.1) is 12.7 Å². The van der Waals surface area contributed by atoms with Gasteiger partial charge in [-0.2, -0.15) is 0 Å². The topological polar surface area (TPSA) is 73.6 Å². The van der Waals surface area contributed by atoms with Crippen LogP contribution in [0.2, 0.25) is 0 Å². The van der Waals surface area contributed by atoms with Gasteiger partial charge in [-0.25, -0.2) is 0 Å². The molecule has 1 amide bonds. The number of amides is 1. The van der Waals surface area contributed by atoms with Crippen LogP contribution in [0.15, 0.2) is 40.9 Å². The molecule has 1 aromatic heterocycles. The predicted octanol–water partition coefficient (Wildman–Crippen LogP) is 2.30. The van der Waals surface area contributed by atoms with Gasteiger partial charge >= 0.3 is 0 Å². The van der Waals surface area contributed by atoms with Crippen LogP contribution < -0.4 is 5.32 Å². The Morgan fingerprint density at radius 2 is 2.17 bits per heavy atom. The average Bonchev–Trinajstić information content (AvgIpc) is 3.25. The van der Waals surface area contributed by atoms with Crippen LogP contribution in [-0.4, -0.2) is 30.3 Å². The van der Waals surface area contributed by atoms with Gasteiger partial charge in [0.1, 0.15) is 6.61 Å². The molecule has 0 aliphatic carbocycles. The third kappa shape index (κ3) is 4.64. The molecule has 1 aliphatic rings. The van der Waals surface area contributed by atoms with E-state index in [0.717, 1.165) is 25.0 Å². The maximum Gasteiger partial charge on any atom is 0.273 e. The predicted molar refractivity (Wildman–Crippen MR) is 82.7 cm³/mol. The van der Waals surface area contributed by atoms with Crippen molar-refractivity contribution < 1.29 is 18.8 Å². The fourth-order valence-corrected chi connectivity index (χ4v) is 2.43. The molecule has 1 unspecified atom stereocenters. The van der Waals surface area contributed by atoms with E-state index in [1.165, 1.54) is 0 Å². The summed E-state index contributed by atoms with van der Waals surface area (Å²) < 4.78 is 16.1. The first kappa shape index (κ1) is 15.7. The summed E-state index contributed by atoms with van der Waals surface area (Å²) in [6, 6.07) is 11.5. The van der Waals surface area contributed by atoms with Crippen molar-refractivity contribution in [3.8, 4) is 0 Å². The van der Waals surface area contributed by atoms with Crippen molar-refractivity contribution in [3.63, 3.8) is 0 Å². The van der Waals surface area contributed by atoms with Gasteiger partial charge in [-0.05, 0) is 18.4 Å². The van der Waals surface area contributed by atoms with Crippen molar-refractivity contribution in [2.75, 3.05) is 13.2 Å². The summed E-state index contributed by atoms with van der Waals surface area (Å²) in [5, 5.41) is 6.59. The Hall–Kier alpha value is -2.18. The Morgan fingerprint density at radius 1 is 1.30 bits per heavy atom. The molecule has 2 aromatic rings. The number of aromatic nitrogens is 1. The van der Waals surface area contributed by atoms with E-state index in [0.29, 0.717) is 18.9 Å². The van der Waals surface area contributed by atoms with Crippen LogP contribution in [-0.2, 0) is 22.7 Å². The Kier molecular flexibility index (Phi) is 5.39. The Labute approximate surface area is 134 Å². The highest BCUT2D eigenvalue weighted by Crippen LogP contribution is 2.11. The molecule has 1 N–H and O–H groups in total. The fourth-order valence-electron chi connectivity index (χ4n) is 2.43. The molecule has 0 radical (unpaired) electrons. The zero-order chi connectivity index (χ0) is 15.9. The zero-order valence-electron chi connectivity index (χ0n) is 12.9. The van der Waals surface area contributed by atoms with Crippen LogP contribution in [0.5, 0.6) is 0 Å². The smallest absolute Gasteiger partial charge is 0.273 e. The molecule has 0 bridgehead atoms. The minimum Gasteiger partial charge on any atom is -0.376 e. The number of nitrogens with zero attached hydrogens (tertiary/aromatic N) is 1. The molecule has 1 fully saturated rings. The molecule has 2 heterocycles. The summed E-state index contributed by atoms with van der Waals surface area (Å²) in [6.45, 7) is 2.04. The molecular formula is C17H20N2O4. The largest absolute Gasteiger partial charge is 0.376 e. The molecule has 122 valence electrons. The van der Waals surface area contributed by atoms with Crippen LogP contribution in [0.1, 0.15) is 34.7 Å². The molecule has 3 rings (SSSR count). The van der Waals surface area contributed by atoms with Gasteiger partial charge in [0, 0.05) is 19.2 Å². The monoisotopic (exact) mass is 316 g/mol. The third-order valence-electron chi connectivity index (χ3n) is 3.66. The number of carbonyl (C=O) groups excluding carboxylic acids is 1. The van der Waals surface area contributed by atoms with E-state index in [1.54, 1.807) is 6.07 Å². The first-order chi connectivity index (χ1) is 11.3. The van der Waals surface area contributed by atoms with Gasteiger partial charge in [-0.3, -0.25) is 4.79 Å². The van der Waals surface area contributed by atoms with E-state index < -0.39 is 0 Å². The van der Waals surface area contributed by atoms with Crippen LogP contribution >= 0.6 is 0 Å². The standard InChI is InChI=1S/C17H20N2O4/c20-17(18-10-14-7-4-8-22-14)16-9-15(23-19-16)12-21-11-13-5-2-1-3-6-13/h1-3,5-6,9,14H,4,7-8,10-12H2,(H,18,20). The van der Waals surface area contributed by atoms with Crippen LogP contribution in [0.25, 0.3) is 0 Å². The van der Waals surface area contributed by atoms with Crippen molar-refractivity contribution in [2.45, 2.75) is 32.2 Å². The Bertz CT molecular complexity index is 621. The lowest BCUT2D eigenvalue weighted by molar-refractivity contribution is 0.0842. The van der Waals surface area contributed by atoms with Crippen molar-refractivity contribution in [1.82, 2.24) is 10.5 Å². The van der Waals surface area contributed by atoms with Crippen molar-refractivity contribution in [2.24, 2.45) is 0 Å². The summed E-state index contributed by atoms with van der Waals surface area (Å²) in [5.74, 6) is 0.279. The van der Waals surface area contributed by atoms with Crippen LogP contribution in [0.3, 0.4) is 0 Å². The normalized spacial score (nSPS) is 17.3. The highest BCUT2D eigenvalue weighted by molar-refractivity contribution is 5.92.